The molecule has 6 heteroatoms. The van der Waals surface area contributed by atoms with Crippen molar-refractivity contribution in [3.8, 4) is 18.2 Å². The maximum atomic E-state index is 11.4. The van der Waals surface area contributed by atoms with Crippen molar-refractivity contribution < 1.29 is 9.53 Å². The minimum Gasteiger partial charge on any atom is -0.472 e. The topological polar surface area (TPSA) is 70.1 Å². The van der Waals surface area contributed by atoms with Gasteiger partial charge in [-0.25, -0.2) is 4.09 Å². The smallest absolute Gasteiger partial charge is 0.249 e. The number of nitrogens with zero attached hydrogens (tertiary/aromatic N) is 2. The second-order valence-electron chi connectivity index (χ2n) is 3.70. The van der Waals surface area contributed by atoms with Gasteiger partial charge in [-0.2, -0.15) is 0 Å². The molecule has 0 aliphatic rings. The first-order chi connectivity index (χ1) is 9.11. The molecule has 1 aromatic carbocycles. The van der Waals surface area contributed by atoms with Gasteiger partial charge in [-0.1, -0.05) is 12.0 Å². The molecule has 0 aliphatic carbocycles. The van der Waals surface area contributed by atoms with Crippen LogP contribution in [0, 0.1) is 12.3 Å². The van der Waals surface area contributed by atoms with Crippen molar-refractivity contribution in [2.45, 2.75) is 6.61 Å². The van der Waals surface area contributed by atoms with Gasteiger partial charge in [0.1, 0.15) is 6.61 Å². The number of thiol groups is 1. The van der Waals surface area contributed by atoms with Crippen molar-refractivity contribution in [2.75, 3.05) is 0 Å². The van der Waals surface area contributed by atoms with Gasteiger partial charge in [-0.05, 0) is 24.9 Å². The molecule has 0 aliphatic heterocycles. The van der Waals surface area contributed by atoms with E-state index in [0.29, 0.717) is 22.6 Å². The maximum Gasteiger partial charge on any atom is 0.249 e. The Bertz CT molecular complexity index is 658. The molecule has 0 fully saturated rings. The van der Waals surface area contributed by atoms with E-state index in [0.717, 1.165) is 0 Å². The molecule has 2 aromatic rings. The van der Waals surface area contributed by atoms with Crippen LogP contribution in [0.2, 0.25) is 0 Å². The Morgan fingerprint density at radius 1 is 1.53 bits per heavy atom. The zero-order valence-corrected chi connectivity index (χ0v) is 10.8. The van der Waals surface area contributed by atoms with Crippen LogP contribution in [0.5, 0.6) is 5.88 Å². The summed E-state index contributed by atoms with van der Waals surface area (Å²) >= 11 is 4.00. The fourth-order valence-corrected chi connectivity index (χ4v) is 1.78. The monoisotopic (exact) mass is 273 g/mol. The number of rotatable bonds is 4. The Labute approximate surface area is 115 Å². The van der Waals surface area contributed by atoms with E-state index in [9.17, 15) is 4.79 Å². The molecule has 1 amide bonds. The van der Waals surface area contributed by atoms with Gasteiger partial charge >= 0.3 is 0 Å². The molecule has 96 valence electrons. The molecule has 0 bridgehead atoms. The minimum atomic E-state index is -0.546. The Hall–Kier alpha value is -2.39. The predicted octanol–water partition coefficient (Wildman–Crippen LogP) is 1.24. The summed E-state index contributed by atoms with van der Waals surface area (Å²) in [6.07, 6.45) is 7.03. The van der Waals surface area contributed by atoms with Crippen LogP contribution in [-0.4, -0.2) is 15.1 Å². The highest BCUT2D eigenvalue weighted by Crippen LogP contribution is 2.17. The summed E-state index contributed by atoms with van der Waals surface area (Å²) < 4.78 is 6.78. The minimum absolute atomic E-state index is 0.115. The number of hydrogen-bond donors (Lipinski definition) is 2. The number of carbonyl (C=O) groups excluding carboxylic acids is 1. The van der Waals surface area contributed by atoms with Crippen LogP contribution in [-0.2, 0) is 6.61 Å². The van der Waals surface area contributed by atoms with E-state index in [1.165, 1.54) is 4.09 Å². The third-order valence-electron chi connectivity index (χ3n) is 2.51. The van der Waals surface area contributed by atoms with Crippen LogP contribution >= 0.6 is 12.8 Å². The van der Waals surface area contributed by atoms with Crippen LogP contribution in [0.4, 0.5) is 0 Å². The van der Waals surface area contributed by atoms with E-state index in [-0.39, 0.29) is 6.61 Å². The highest BCUT2D eigenvalue weighted by atomic mass is 32.1. The van der Waals surface area contributed by atoms with Crippen LogP contribution in [0.3, 0.4) is 0 Å². The van der Waals surface area contributed by atoms with Crippen LogP contribution in [0.25, 0.3) is 0 Å². The lowest BCUT2D eigenvalue weighted by Gasteiger charge is -2.09. The van der Waals surface area contributed by atoms with Crippen molar-refractivity contribution in [3.05, 3.63) is 47.2 Å². The average Bonchev–Trinajstić information content (AvgIpc) is 2.81. The van der Waals surface area contributed by atoms with Gasteiger partial charge in [0.05, 0.1) is 0 Å². The highest BCUT2D eigenvalue weighted by molar-refractivity contribution is 7.78. The molecule has 0 atom stereocenters. The molecule has 19 heavy (non-hydrogen) atoms. The number of terminal acetylenes is 1. The molecular weight excluding hydrogens is 262 g/mol. The normalized spacial score (nSPS) is 9.89. The SMILES string of the molecule is C#Cc1cccc(C(N)=O)c1COc1ccn(S)n1. The number of amides is 1. The molecule has 0 saturated carbocycles. The van der Waals surface area contributed by atoms with E-state index in [1.54, 1.807) is 30.5 Å². The van der Waals surface area contributed by atoms with Crippen molar-refractivity contribution in [1.82, 2.24) is 9.19 Å². The van der Waals surface area contributed by atoms with E-state index in [1.807, 2.05) is 0 Å². The first kappa shape index (κ1) is 13.1. The summed E-state index contributed by atoms with van der Waals surface area (Å²) in [7, 11) is 0. The zero-order chi connectivity index (χ0) is 13.8. The Morgan fingerprint density at radius 3 is 2.89 bits per heavy atom. The van der Waals surface area contributed by atoms with Gasteiger partial charge < -0.3 is 10.5 Å². The predicted molar refractivity (Wildman–Crippen MR) is 73.8 cm³/mol. The molecular formula is C13H11N3O2S. The summed E-state index contributed by atoms with van der Waals surface area (Å²) in [6.45, 7) is 0.115. The Morgan fingerprint density at radius 2 is 2.32 bits per heavy atom. The van der Waals surface area contributed by atoms with Crippen LogP contribution in [0.15, 0.2) is 30.5 Å². The number of hydrogen-bond acceptors (Lipinski definition) is 4. The largest absolute Gasteiger partial charge is 0.472 e. The fraction of sp³-hybridized carbons (Fsp3) is 0.0769. The molecule has 2 N–H and O–H groups in total. The number of ether oxygens (including phenoxy) is 1. The van der Waals surface area contributed by atoms with Crippen molar-refractivity contribution >= 4 is 18.7 Å². The van der Waals surface area contributed by atoms with Crippen LogP contribution < -0.4 is 10.5 Å². The second-order valence-corrected chi connectivity index (χ2v) is 4.11. The van der Waals surface area contributed by atoms with Gasteiger partial charge in [0.2, 0.25) is 11.8 Å². The maximum absolute atomic E-state index is 11.4. The first-order valence-corrected chi connectivity index (χ1v) is 5.78. The highest BCUT2D eigenvalue weighted by Gasteiger charge is 2.12. The van der Waals surface area contributed by atoms with Crippen molar-refractivity contribution in [1.29, 1.82) is 0 Å². The Balaban J connectivity index is 2.28. The summed E-state index contributed by atoms with van der Waals surface area (Å²) in [5.41, 5.74) is 6.81. The summed E-state index contributed by atoms with van der Waals surface area (Å²) in [5, 5.41) is 3.95. The molecule has 0 unspecified atom stereocenters. The number of nitrogens with two attached hydrogens (primary N) is 1. The summed E-state index contributed by atoms with van der Waals surface area (Å²) in [4.78, 5) is 11.4. The van der Waals surface area contributed by atoms with Crippen molar-refractivity contribution in [3.63, 3.8) is 0 Å². The van der Waals surface area contributed by atoms with Crippen LogP contribution in [0.1, 0.15) is 21.5 Å². The van der Waals surface area contributed by atoms with E-state index >= 15 is 0 Å². The lowest BCUT2D eigenvalue weighted by Crippen LogP contribution is -2.16. The standard InChI is InChI=1S/C13H11N3O2S/c1-2-9-4-3-5-10(13(14)17)11(9)8-18-12-6-7-16(19)15-12/h1,3-7,19H,8H2,(H2,14,17). The van der Waals surface area contributed by atoms with Gasteiger partial charge in [0.15, 0.2) is 0 Å². The third-order valence-corrected chi connectivity index (χ3v) is 2.74. The lowest BCUT2D eigenvalue weighted by molar-refractivity contribution is 0.0997. The van der Waals surface area contributed by atoms with E-state index in [2.05, 4.69) is 23.8 Å². The fourth-order valence-electron chi connectivity index (χ4n) is 1.63. The zero-order valence-electron chi connectivity index (χ0n) is 9.91. The van der Waals surface area contributed by atoms with Gasteiger partial charge in [-0.15, -0.1) is 11.5 Å². The Kier molecular flexibility index (Phi) is 3.78. The molecule has 0 spiro atoms. The van der Waals surface area contributed by atoms with E-state index < -0.39 is 5.91 Å². The quantitative estimate of drug-likeness (QED) is 0.650. The molecule has 0 saturated heterocycles. The van der Waals surface area contributed by atoms with Crippen molar-refractivity contribution in [2.24, 2.45) is 5.73 Å². The van der Waals surface area contributed by atoms with Gasteiger partial charge in [-0.3, -0.25) is 4.79 Å². The summed E-state index contributed by atoms with van der Waals surface area (Å²) in [5.74, 6) is 2.34. The average molecular weight is 273 g/mol. The number of aromatic nitrogens is 2. The molecule has 1 aromatic heterocycles. The molecule has 5 nitrogen and oxygen atoms in total. The molecule has 2 rings (SSSR count). The molecule has 1 heterocycles. The number of primary amides is 1. The third kappa shape index (κ3) is 2.89. The lowest BCUT2D eigenvalue weighted by atomic mass is 10.0. The van der Waals surface area contributed by atoms with Gasteiger partial charge in [0, 0.05) is 29.0 Å². The van der Waals surface area contributed by atoms with Gasteiger partial charge in [0.25, 0.3) is 0 Å². The summed E-state index contributed by atoms with van der Waals surface area (Å²) in [6, 6.07) is 6.66. The first-order valence-electron chi connectivity index (χ1n) is 5.38. The second kappa shape index (κ2) is 5.50. The number of carbonyl (C=O) groups is 1. The number of benzene rings is 1. The molecule has 0 radical (unpaired) electrons. The van der Waals surface area contributed by atoms with E-state index in [4.69, 9.17) is 16.9 Å².